The maximum Gasteiger partial charge on any atom is 0.280 e. The van der Waals surface area contributed by atoms with Crippen molar-refractivity contribution in [2.45, 2.75) is 17.8 Å². The third-order valence-electron chi connectivity index (χ3n) is 2.34. The van der Waals surface area contributed by atoms with Crippen LogP contribution in [0.2, 0.25) is 0 Å². The molecule has 1 aliphatic carbocycles. The summed E-state index contributed by atoms with van der Waals surface area (Å²) in [5.41, 5.74) is 0.463. The molecule has 5 heteroatoms. The van der Waals surface area contributed by atoms with Crippen LogP contribution in [0.25, 0.3) is 0 Å². The van der Waals surface area contributed by atoms with Gasteiger partial charge < -0.3 is 5.11 Å². The second-order valence-corrected chi connectivity index (χ2v) is 4.86. The molecule has 0 radical (unpaired) electrons. The van der Waals surface area contributed by atoms with Gasteiger partial charge in [-0.2, -0.15) is 8.42 Å². The SMILES string of the molecule is C=CC1(S(=O)(=O)O)C=CC=C(C)C1O. The summed E-state index contributed by atoms with van der Waals surface area (Å²) in [6, 6.07) is 0. The number of hydrogen-bond acceptors (Lipinski definition) is 3. The molecule has 0 amide bonds. The zero-order valence-electron chi connectivity index (χ0n) is 7.71. The molecular formula is C9H12O4S. The molecule has 0 spiro atoms. The first kappa shape index (κ1) is 11.2. The molecule has 0 aromatic rings. The molecule has 2 N–H and O–H groups in total. The highest BCUT2D eigenvalue weighted by Gasteiger charge is 2.46. The molecule has 14 heavy (non-hydrogen) atoms. The Morgan fingerprint density at radius 2 is 2.21 bits per heavy atom. The van der Waals surface area contributed by atoms with Gasteiger partial charge in [0.15, 0.2) is 4.75 Å². The van der Waals surface area contributed by atoms with Gasteiger partial charge in [-0.3, -0.25) is 4.55 Å². The first-order valence-electron chi connectivity index (χ1n) is 4.00. The molecule has 0 aromatic carbocycles. The fraction of sp³-hybridized carbons (Fsp3) is 0.333. The van der Waals surface area contributed by atoms with E-state index in [1.54, 1.807) is 13.0 Å². The second-order valence-electron chi connectivity index (χ2n) is 3.21. The highest BCUT2D eigenvalue weighted by Crippen LogP contribution is 2.31. The largest absolute Gasteiger partial charge is 0.386 e. The van der Waals surface area contributed by atoms with Crippen molar-refractivity contribution in [1.82, 2.24) is 0 Å². The summed E-state index contributed by atoms with van der Waals surface area (Å²) in [4.78, 5) is 0. The Hall–Kier alpha value is -0.910. The highest BCUT2D eigenvalue weighted by atomic mass is 32.2. The standard InChI is InChI=1S/C9H12O4S/c1-3-9(14(11,12)13)6-4-5-7(2)8(9)10/h3-6,8,10H,1H2,2H3,(H,11,12,13). The van der Waals surface area contributed by atoms with Crippen molar-refractivity contribution in [2.24, 2.45) is 0 Å². The summed E-state index contributed by atoms with van der Waals surface area (Å²) in [7, 11) is -4.42. The molecule has 0 saturated heterocycles. The second kappa shape index (κ2) is 3.34. The first-order chi connectivity index (χ1) is 6.35. The Morgan fingerprint density at radius 3 is 2.57 bits per heavy atom. The van der Waals surface area contributed by atoms with E-state index in [2.05, 4.69) is 6.58 Å². The topological polar surface area (TPSA) is 74.6 Å². The van der Waals surface area contributed by atoms with Crippen molar-refractivity contribution in [3.8, 4) is 0 Å². The lowest BCUT2D eigenvalue weighted by Gasteiger charge is -2.31. The molecule has 0 heterocycles. The van der Waals surface area contributed by atoms with Crippen LogP contribution in [-0.4, -0.2) is 28.9 Å². The molecular weight excluding hydrogens is 204 g/mol. The summed E-state index contributed by atoms with van der Waals surface area (Å²) >= 11 is 0. The van der Waals surface area contributed by atoms with E-state index in [0.29, 0.717) is 5.57 Å². The van der Waals surface area contributed by atoms with Crippen LogP contribution in [0.4, 0.5) is 0 Å². The van der Waals surface area contributed by atoms with Gasteiger partial charge in [0.2, 0.25) is 0 Å². The van der Waals surface area contributed by atoms with Gasteiger partial charge in [0.1, 0.15) is 6.10 Å². The minimum atomic E-state index is -4.42. The van der Waals surface area contributed by atoms with Gasteiger partial charge in [-0.25, -0.2) is 0 Å². The molecule has 1 aliphatic rings. The zero-order valence-corrected chi connectivity index (χ0v) is 8.53. The Labute approximate surface area is 83.0 Å². The van der Waals surface area contributed by atoms with Crippen LogP contribution in [0.3, 0.4) is 0 Å². The molecule has 2 unspecified atom stereocenters. The molecule has 0 fully saturated rings. The molecule has 0 bridgehead atoms. The molecule has 1 rings (SSSR count). The summed E-state index contributed by atoms with van der Waals surface area (Å²) in [6.07, 6.45) is 4.00. The molecule has 78 valence electrons. The van der Waals surface area contributed by atoms with Crippen LogP contribution < -0.4 is 0 Å². The summed E-state index contributed by atoms with van der Waals surface area (Å²) in [5, 5.41) is 9.69. The lowest BCUT2D eigenvalue weighted by molar-refractivity contribution is 0.187. The third-order valence-corrected chi connectivity index (χ3v) is 3.76. The fourth-order valence-electron chi connectivity index (χ4n) is 1.40. The Kier molecular flexibility index (Phi) is 2.67. The van der Waals surface area contributed by atoms with Gasteiger partial charge in [0.05, 0.1) is 0 Å². The van der Waals surface area contributed by atoms with Crippen molar-refractivity contribution < 1.29 is 18.1 Å². The van der Waals surface area contributed by atoms with E-state index in [1.165, 1.54) is 12.2 Å². The van der Waals surface area contributed by atoms with E-state index in [0.717, 1.165) is 6.08 Å². The summed E-state index contributed by atoms with van der Waals surface area (Å²) < 4.78 is 29.5. The molecule has 0 aromatic heterocycles. The predicted octanol–water partition coefficient (Wildman–Crippen LogP) is 0.676. The van der Waals surface area contributed by atoms with E-state index in [-0.39, 0.29) is 0 Å². The van der Waals surface area contributed by atoms with Crippen molar-refractivity contribution in [3.05, 3.63) is 36.5 Å². The monoisotopic (exact) mass is 216 g/mol. The first-order valence-corrected chi connectivity index (χ1v) is 5.44. The molecule has 4 nitrogen and oxygen atoms in total. The number of rotatable bonds is 2. The van der Waals surface area contributed by atoms with Gasteiger partial charge in [0, 0.05) is 0 Å². The number of hydrogen-bond donors (Lipinski definition) is 2. The van der Waals surface area contributed by atoms with Gasteiger partial charge in [-0.05, 0) is 12.5 Å². The van der Waals surface area contributed by atoms with Gasteiger partial charge in [-0.15, -0.1) is 6.58 Å². The van der Waals surface area contributed by atoms with Crippen LogP contribution in [0.1, 0.15) is 6.92 Å². The lowest BCUT2D eigenvalue weighted by atomic mass is 9.91. The van der Waals surface area contributed by atoms with Crippen LogP contribution in [0, 0.1) is 0 Å². The number of aliphatic hydroxyl groups is 1. The lowest BCUT2D eigenvalue weighted by Crippen LogP contribution is -2.47. The van der Waals surface area contributed by atoms with Crippen LogP contribution in [0.15, 0.2) is 36.5 Å². The zero-order chi connectivity index (χ0) is 11.0. The average molecular weight is 216 g/mol. The minimum Gasteiger partial charge on any atom is -0.386 e. The molecule has 0 aliphatic heterocycles. The predicted molar refractivity (Wildman–Crippen MR) is 53.4 cm³/mol. The fourth-order valence-corrected chi connectivity index (χ4v) is 2.33. The number of allylic oxidation sites excluding steroid dienone is 2. The number of aliphatic hydroxyl groups excluding tert-OH is 1. The van der Waals surface area contributed by atoms with Crippen molar-refractivity contribution in [1.29, 1.82) is 0 Å². The smallest absolute Gasteiger partial charge is 0.280 e. The maximum atomic E-state index is 11.1. The van der Waals surface area contributed by atoms with Crippen molar-refractivity contribution >= 4 is 10.1 Å². The average Bonchev–Trinajstić information content (AvgIpc) is 2.08. The van der Waals surface area contributed by atoms with Gasteiger partial charge in [-0.1, -0.05) is 24.3 Å². The van der Waals surface area contributed by atoms with E-state index in [9.17, 15) is 13.5 Å². The quantitative estimate of drug-likeness (QED) is 0.525. The summed E-state index contributed by atoms with van der Waals surface area (Å²) in [6.45, 7) is 4.91. The third kappa shape index (κ3) is 1.43. The van der Waals surface area contributed by atoms with Gasteiger partial charge >= 0.3 is 0 Å². The maximum absolute atomic E-state index is 11.1. The van der Waals surface area contributed by atoms with Crippen molar-refractivity contribution in [3.63, 3.8) is 0 Å². The van der Waals surface area contributed by atoms with E-state index in [4.69, 9.17) is 4.55 Å². The molecule has 0 saturated carbocycles. The van der Waals surface area contributed by atoms with Gasteiger partial charge in [0.25, 0.3) is 10.1 Å². The van der Waals surface area contributed by atoms with E-state index >= 15 is 0 Å². The van der Waals surface area contributed by atoms with Crippen LogP contribution in [-0.2, 0) is 10.1 Å². The Balaban J connectivity index is 3.37. The van der Waals surface area contributed by atoms with E-state index < -0.39 is 21.0 Å². The van der Waals surface area contributed by atoms with Crippen molar-refractivity contribution in [2.75, 3.05) is 0 Å². The highest BCUT2D eigenvalue weighted by molar-refractivity contribution is 7.87. The minimum absolute atomic E-state index is 0.463. The molecule has 2 atom stereocenters. The van der Waals surface area contributed by atoms with E-state index in [1.807, 2.05) is 0 Å². The summed E-state index contributed by atoms with van der Waals surface area (Å²) in [5.74, 6) is 0. The normalized spacial score (nSPS) is 32.5. The Bertz CT molecular complexity index is 405. The van der Waals surface area contributed by atoms with Crippen LogP contribution >= 0.6 is 0 Å². The van der Waals surface area contributed by atoms with Crippen LogP contribution in [0.5, 0.6) is 0 Å². The Morgan fingerprint density at radius 1 is 1.64 bits per heavy atom.